The Hall–Kier alpha value is -0.830. The molecule has 0 saturated heterocycles. The minimum atomic E-state index is -0.205. The van der Waals surface area contributed by atoms with Crippen LogP contribution in [0.5, 0.6) is 0 Å². The molecule has 0 heterocycles. The van der Waals surface area contributed by atoms with E-state index >= 15 is 0 Å². The smallest absolute Gasteiger partial charge is 0.333 e. The lowest BCUT2D eigenvalue weighted by molar-refractivity contribution is -0.136. The third-order valence-corrected chi connectivity index (χ3v) is 1.73. The minimum Gasteiger partial charge on any atom is -0.466 e. The second kappa shape index (κ2) is 6.66. The molecule has 76 valence electrons. The number of hydrogen-bond donors (Lipinski definition) is 0. The van der Waals surface area contributed by atoms with Crippen LogP contribution in [0.4, 0.5) is 0 Å². The zero-order valence-corrected chi connectivity index (χ0v) is 8.96. The van der Waals surface area contributed by atoms with Gasteiger partial charge in [-0.05, 0) is 26.9 Å². The average Bonchev–Trinajstić information content (AvgIpc) is 2.10. The molecule has 0 amide bonds. The lowest BCUT2D eigenvalue weighted by atomic mass is 10.1. The van der Waals surface area contributed by atoms with Crippen LogP contribution >= 0.6 is 0 Å². The van der Waals surface area contributed by atoms with Crippen molar-refractivity contribution in [2.24, 2.45) is 0 Å². The normalized spacial score (nSPS) is 11.9. The fourth-order valence-electron chi connectivity index (χ4n) is 1.01. The van der Waals surface area contributed by atoms with Crippen molar-refractivity contribution in [1.29, 1.82) is 0 Å². The first-order valence-electron chi connectivity index (χ1n) is 4.53. The molecule has 0 aromatic rings. The number of rotatable bonds is 5. The summed E-state index contributed by atoms with van der Waals surface area (Å²) in [5, 5.41) is 0. The van der Waals surface area contributed by atoms with Gasteiger partial charge in [0, 0.05) is 12.1 Å². The van der Waals surface area contributed by atoms with E-state index in [1.54, 1.807) is 0 Å². The van der Waals surface area contributed by atoms with Gasteiger partial charge in [-0.3, -0.25) is 0 Å². The highest BCUT2D eigenvalue weighted by molar-refractivity contribution is 5.88. The van der Waals surface area contributed by atoms with Crippen LogP contribution in [0.1, 0.15) is 19.8 Å². The summed E-state index contributed by atoms with van der Waals surface area (Å²) in [5.41, 5.74) is 0.777. The van der Waals surface area contributed by atoms with Gasteiger partial charge in [0.15, 0.2) is 0 Å². The Morgan fingerprint density at radius 3 is 2.46 bits per heavy atom. The number of carbonyl (C=O) groups is 1. The zero-order chi connectivity index (χ0) is 10.3. The van der Waals surface area contributed by atoms with Gasteiger partial charge in [-0.1, -0.05) is 13.0 Å². The van der Waals surface area contributed by atoms with Crippen LogP contribution in [0, 0.1) is 0 Å². The van der Waals surface area contributed by atoms with Crippen LogP contribution in [-0.2, 0) is 9.53 Å². The van der Waals surface area contributed by atoms with Crippen LogP contribution in [0.2, 0.25) is 0 Å². The summed E-state index contributed by atoms with van der Waals surface area (Å²) in [6, 6.07) is 0. The van der Waals surface area contributed by atoms with E-state index < -0.39 is 0 Å². The Kier molecular flexibility index (Phi) is 6.24. The van der Waals surface area contributed by atoms with Crippen LogP contribution in [0.3, 0.4) is 0 Å². The fraction of sp³-hybridized carbons (Fsp3) is 0.700. The van der Waals surface area contributed by atoms with Gasteiger partial charge in [0.1, 0.15) is 0 Å². The molecule has 0 aromatic carbocycles. The number of esters is 1. The molecule has 0 unspecified atom stereocenters. The summed E-state index contributed by atoms with van der Waals surface area (Å²) in [7, 11) is 5.39. The van der Waals surface area contributed by atoms with Crippen molar-refractivity contribution < 1.29 is 9.53 Å². The van der Waals surface area contributed by atoms with Crippen molar-refractivity contribution in [3.8, 4) is 0 Å². The molecular weight excluding hydrogens is 166 g/mol. The number of carbonyl (C=O) groups excluding carboxylic acids is 1. The van der Waals surface area contributed by atoms with Gasteiger partial charge in [0.2, 0.25) is 0 Å². The third kappa shape index (κ3) is 5.42. The highest BCUT2D eigenvalue weighted by Crippen LogP contribution is 2.05. The zero-order valence-electron chi connectivity index (χ0n) is 8.96. The molecule has 3 nitrogen and oxygen atoms in total. The maximum atomic E-state index is 11.2. The Morgan fingerprint density at radius 2 is 2.08 bits per heavy atom. The summed E-state index contributed by atoms with van der Waals surface area (Å²) in [5.74, 6) is -0.205. The molecule has 3 heteroatoms. The average molecular weight is 185 g/mol. The van der Waals surface area contributed by atoms with Gasteiger partial charge < -0.3 is 9.64 Å². The summed E-state index contributed by atoms with van der Waals surface area (Å²) in [6.45, 7) is 2.89. The minimum absolute atomic E-state index is 0.205. The summed E-state index contributed by atoms with van der Waals surface area (Å²) in [4.78, 5) is 13.3. The molecule has 0 radical (unpaired) electrons. The van der Waals surface area contributed by atoms with Crippen LogP contribution in [0.25, 0.3) is 0 Å². The van der Waals surface area contributed by atoms with Gasteiger partial charge in [0.25, 0.3) is 0 Å². The van der Waals surface area contributed by atoms with Gasteiger partial charge in [0.05, 0.1) is 7.11 Å². The molecule has 0 atom stereocenters. The first-order valence-corrected chi connectivity index (χ1v) is 4.53. The molecule has 0 aliphatic heterocycles. The highest BCUT2D eigenvalue weighted by Gasteiger charge is 2.08. The van der Waals surface area contributed by atoms with E-state index in [0.29, 0.717) is 0 Å². The van der Waals surface area contributed by atoms with Crippen molar-refractivity contribution in [2.75, 3.05) is 27.7 Å². The second-order valence-corrected chi connectivity index (χ2v) is 3.18. The number of methoxy groups -OCH3 is 1. The maximum absolute atomic E-state index is 11.2. The van der Waals surface area contributed by atoms with E-state index in [9.17, 15) is 4.79 Å². The molecule has 0 spiro atoms. The van der Waals surface area contributed by atoms with E-state index in [4.69, 9.17) is 0 Å². The quantitative estimate of drug-likeness (QED) is 0.479. The topological polar surface area (TPSA) is 29.5 Å². The third-order valence-electron chi connectivity index (χ3n) is 1.73. The molecule has 0 fully saturated rings. The number of ether oxygens (including phenoxy) is 1. The summed E-state index contributed by atoms with van der Waals surface area (Å²) >= 11 is 0. The predicted octanol–water partition coefficient (Wildman–Crippen LogP) is 1.45. The molecule has 0 aromatic heterocycles. The summed E-state index contributed by atoms with van der Waals surface area (Å²) < 4.78 is 4.67. The van der Waals surface area contributed by atoms with Gasteiger partial charge in [-0.15, -0.1) is 0 Å². The van der Waals surface area contributed by atoms with Crippen molar-refractivity contribution in [2.45, 2.75) is 19.8 Å². The van der Waals surface area contributed by atoms with Crippen LogP contribution < -0.4 is 0 Å². The number of allylic oxidation sites excluding steroid dienone is 1. The lowest BCUT2D eigenvalue weighted by Gasteiger charge is -2.10. The first kappa shape index (κ1) is 12.2. The standard InChI is InChI=1S/C10H19NO2/c1-5-6-9(10(12)13-4)7-8-11(2)3/h6H,5,7-8H2,1-4H3. The molecule has 0 bridgehead atoms. The Labute approximate surface area is 80.4 Å². The molecule has 13 heavy (non-hydrogen) atoms. The van der Waals surface area contributed by atoms with Crippen molar-refractivity contribution in [1.82, 2.24) is 4.90 Å². The maximum Gasteiger partial charge on any atom is 0.333 e. The fourth-order valence-corrected chi connectivity index (χ4v) is 1.01. The van der Waals surface area contributed by atoms with Crippen molar-refractivity contribution in [3.63, 3.8) is 0 Å². The second-order valence-electron chi connectivity index (χ2n) is 3.18. The lowest BCUT2D eigenvalue weighted by Crippen LogP contribution is -2.16. The predicted molar refractivity (Wildman–Crippen MR) is 53.6 cm³/mol. The SMILES string of the molecule is CCC=C(CCN(C)C)C(=O)OC. The monoisotopic (exact) mass is 185 g/mol. The van der Waals surface area contributed by atoms with Gasteiger partial charge in [-0.2, -0.15) is 0 Å². The first-order chi connectivity index (χ1) is 6.11. The Bertz CT molecular complexity index is 185. The van der Waals surface area contributed by atoms with Crippen molar-refractivity contribution in [3.05, 3.63) is 11.6 Å². The largest absolute Gasteiger partial charge is 0.466 e. The molecule has 0 aliphatic rings. The van der Waals surface area contributed by atoms with E-state index in [0.717, 1.165) is 25.0 Å². The van der Waals surface area contributed by atoms with E-state index in [-0.39, 0.29) is 5.97 Å². The van der Waals surface area contributed by atoms with Gasteiger partial charge in [-0.25, -0.2) is 4.79 Å². The molecule has 0 aliphatic carbocycles. The Balaban J connectivity index is 4.11. The summed E-state index contributed by atoms with van der Waals surface area (Å²) in [6.07, 6.45) is 3.56. The Morgan fingerprint density at radius 1 is 1.46 bits per heavy atom. The van der Waals surface area contributed by atoms with E-state index in [1.807, 2.05) is 32.0 Å². The van der Waals surface area contributed by atoms with E-state index in [2.05, 4.69) is 4.74 Å². The number of hydrogen-bond acceptors (Lipinski definition) is 3. The van der Waals surface area contributed by atoms with Crippen LogP contribution in [-0.4, -0.2) is 38.6 Å². The molecule has 0 saturated carbocycles. The highest BCUT2D eigenvalue weighted by atomic mass is 16.5. The van der Waals surface area contributed by atoms with Crippen molar-refractivity contribution >= 4 is 5.97 Å². The number of nitrogens with zero attached hydrogens (tertiary/aromatic N) is 1. The molecule has 0 rings (SSSR count). The molecular formula is C10H19NO2. The molecule has 0 N–H and O–H groups in total. The van der Waals surface area contributed by atoms with Gasteiger partial charge >= 0.3 is 5.97 Å². The van der Waals surface area contributed by atoms with E-state index in [1.165, 1.54) is 7.11 Å². The van der Waals surface area contributed by atoms with Crippen LogP contribution in [0.15, 0.2) is 11.6 Å².